The first-order chi connectivity index (χ1) is 18.3. The molecule has 0 atom stereocenters. The third-order valence-electron chi connectivity index (χ3n) is 5.90. The van der Waals surface area contributed by atoms with Gasteiger partial charge in [0.1, 0.15) is 17.9 Å². The zero-order valence-electron chi connectivity index (χ0n) is 21.8. The first-order valence-electron chi connectivity index (χ1n) is 12.1. The van der Waals surface area contributed by atoms with Gasteiger partial charge in [0.25, 0.3) is 5.91 Å². The zero-order valence-corrected chi connectivity index (χ0v) is 21.8. The van der Waals surface area contributed by atoms with Crippen LogP contribution in [-0.4, -0.2) is 51.9 Å². The van der Waals surface area contributed by atoms with Crippen molar-refractivity contribution < 1.29 is 37.4 Å². The van der Waals surface area contributed by atoms with Gasteiger partial charge in [-0.3, -0.25) is 14.5 Å². The minimum Gasteiger partial charge on any atom is -0.478 e. The van der Waals surface area contributed by atoms with Gasteiger partial charge in [0.05, 0.1) is 11.3 Å². The van der Waals surface area contributed by atoms with Gasteiger partial charge in [-0.25, -0.2) is 9.78 Å². The number of hydrogen-bond acceptors (Lipinski definition) is 5. The number of carboxylic acids is 1. The van der Waals surface area contributed by atoms with E-state index in [1.165, 1.54) is 17.0 Å². The van der Waals surface area contributed by atoms with Crippen LogP contribution in [0.5, 0.6) is 11.6 Å². The van der Waals surface area contributed by atoms with Crippen LogP contribution in [0.25, 0.3) is 0 Å². The Hall–Kier alpha value is -4.41. The maximum Gasteiger partial charge on any atom is 0.421 e. The molecule has 0 spiro atoms. The molecule has 3 rings (SSSR count). The molecule has 0 fully saturated rings. The SMILES string of the molecule is CCN(C(=O)CN(C(=O)c1ccc(C)cc1)c1ccc(Oc2ncccc2C(F)(F)F)cc1C(=O)O)C(C)C. The van der Waals surface area contributed by atoms with Crippen molar-refractivity contribution in [3.8, 4) is 11.6 Å². The molecule has 39 heavy (non-hydrogen) atoms. The number of aromatic carboxylic acids is 1. The number of carbonyl (C=O) groups excluding carboxylic acids is 2. The quantitative estimate of drug-likeness (QED) is 0.366. The molecule has 3 aromatic rings. The number of pyridine rings is 1. The number of rotatable bonds is 9. The van der Waals surface area contributed by atoms with Crippen LogP contribution < -0.4 is 9.64 Å². The van der Waals surface area contributed by atoms with E-state index in [0.717, 1.165) is 34.9 Å². The lowest BCUT2D eigenvalue weighted by molar-refractivity contribution is -0.139. The number of likely N-dealkylation sites (N-methyl/N-ethyl adjacent to an activating group) is 1. The molecule has 0 unspecified atom stereocenters. The van der Waals surface area contributed by atoms with Gasteiger partial charge in [0.2, 0.25) is 11.8 Å². The van der Waals surface area contributed by atoms with Gasteiger partial charge >= 0.3 is 12.1 Å². The Morgan fingerprint density at radius 2 is 1.72 bits per heavy atom. The average Bonchev–Trinajstić information content (AvgIpc) is 2.87. The van der Waals surface area contributed by atoms with Gasteiger partial charge in [-0.15, -0.1) is 0 Å². The van der Waals surface area contributed by atoms with E-state index in [0.29, 0.717) is 6.54 Å². The van der Waals surface area contributed by atoms with E-state index in [1.54, 1.807) is 31.2 Å². The minimum atomic E-state index is -4.75. The van der Waals surface area contributed by atoms with Gasteiger partial charge in [0, 0.05) is 24.3 Å². The number of halogens is 3. The fraction of sp³-hybridized carbons (Fsp3) is 0.286. The Bertz CT molecular complexity index is 1360. The normalized spacial score (nSPS) is 11.3. The second-order valence-electron chi connectivity index (χ2n) is 8.97. The van der Waals surface area contributed by atoms with E-state index in [2.05, 4.69) is 4.98 Å². The highest BCUT2D eigenvalue weighted by molar-refractivity contribution is 6.11. The number of hydrogen-bond donors (Lipinski definition) is 1. The largest absolute Gasteiger partial charge is 0.478 e. The summed E-state index contributed by atoms with van der Waals surface area (Å²) in [6, 6.07) is 11.7. The second-order valence-corrected chi connectivity index (χ2v) is 8.97. The summed E-state index contributed by atoms with van der Waals surface area (Å²) in [5, 5.41) is 9.97. The average molecular weight is 544 g/mol. The summed E-state index contributed by atoms with van der Waals surface area (Å²) < 4.78 is 45.5. The molecule has 1 N–H and O–H groups in total. The first-order valence-corrected chi connectivity index (χ1v) is 12.1. The van der Waals surface area contributed by atoms with Crippen molar-refractivity contribution in [1.29, 1.82) is 0 Å². The summed E-state index contributed by atoms with van der Waals surface area (Å²) in [4.78, 5) is 45.2. The van der Waals surface area contributed by atoms with Crippen molar-refractivity contribution in [2.45, 2.75) is 39.9 Å². The molecule has 0 aliphatic carbocycles. The van der Waals surface area contributed by atoms with E-state index >= 15 is 0 Å². The Balaban J connectivity index is 2.08. The summed E-state index contributed by atoms with van der Waals surface area (Å²) in [5.41, 5.74) is -0.586. The Morgan fingerprint density at radius 3 is 2.28 bits per heavy atom. The van der Waals surface area contributed by atoms with E-state index in [-0.39, 0.29) is 23.0 Å². The third-order valence-corrected chi connectivity index (χ3v) is 5.90. The van der Waals surface area contributed by atoms with Crippen molar-refractivity contribution >= 4 is 23.5 Å². The predicted octanol–water partition coefficient (Wildman–Crippen LogP) is 5.80. The van der Waals surface area contributed by atoms with Crippen molar-refractivity contribution in [3.63, 3.8) is 0 Å². The number of alkyl halides is 3. The van der Waals surface area contributed by atoms with Gasteiger partial charge in [-0.05, 0) is 70.2 Å². The number of amides is 2. The minimum absolute atomic E-state index is 0.120. The second kappa shape index (κ2) is 12.0. The fourth-order valence-corrected chi connectivity index (χ4v) is 3.96. The number of ether oxygens (including phenoxy) is 1. The van der Waals surface area contributed by atoms with Crippen LogP contribution in [0, 0.1) is 6.92 Å². The Morgan fingerprint density at radius 1 is 1.05 bits per heavy atom. The molecular formula is C28H28F3N3O5. The van der Waals surface area contributed by atoms with Crippen LogP contribution in [0.3, 0.4) is 0 Å². The van der Waals surface area contributed by atoms with Crippen molar-refractivity contribution in [3.05, 3.63) is 83.0 Å². The molecule has 1 aromatic heterocycles. The summed E-state index contributed by atoms with van der Waals surface area (Å²) in [6.45, 7) is 7.16. The van der Waals surface area contributed by atoms with Crippen molar-refractivity contribution in [2.75, 3.05) is 18.0 Å². The summed E-state index contributed by atoms with van der Waals surface area (Å²) in [5.74, 6) is -3.51. The van der Waals surface area contributed by atoms with Gasteiger partial charge < -0.3 is 14.7 Å². The Kier molecular flexibility index (Phi) is 8.95. The van der Waals surface area contributed by atoms with E-state index in [1.807, 2.05) is 20.8 Å². The molecule has 0 aliphatic heterocycles. The van der Waals surface area contributed by atoms with Crippen LogP contribution in [0.4, 0.5) is 18.9 Å². The molecule has 0 bridgehead atoms. The van der Waals surface area contributed by atoms with Crippen LogP contribution in [0.2, 0.25) is 0 Å². The summed E-state index contributed by atoms with van der Waals surface area (Å²) in [6.07, 6.45) is -3.64. The lowest BCUT2D eigenvalue weighted by Crippen LogP contribution is -2.46. The smallest absolute Gasteiger partial charge is 0.421 e. The zero-order chi connectivity index (χ0) is 28.9. The molecule has 2 amide bonds. The highest BCUT2D eigenvalue weighted by atomic mass is 19.4. The highest BCUT2D eigenvalue weighted by Crippen LogP contribution is 2.37. The number of nitrogens with zero attached hydrogens (tertiary/aromatic N) is 3. The predicted molar refractivity (Wildman–Crippen MR) is 138 cm³/mol. The topological polar surface area (TPSA) is 100 Å². The molecule has 0 saturated carbocycles. The lowest BCUT2D eigenvalue weighted by Gasteiger charge is -2.30. The summed E-state index contributed by atoms with van der Waals surface area (Å²) in [7, 11) is 0. The van der Waals surface area contributed by atoms with Crippen LogP contribution in [-0.2, 0) is 11.0 Å². The number of aromatic nitrogens is 1. The molecule has 1 heterocycles. The molecule has 11 heteroatoms. The van der Waals surface area contributed by atoms with Crippen LogP contribution in [0.1, 0.15) is 52.6 Å². The van der Waals surface area contributed by atoms with Gasteiger partial charge in [0.15, 0.2) is 0 Å². The monoisotopic (exact) mass is 543 g/mol. The number of aryl methyl sites for hydroxylation is 1. The maximum absolute atomic E-state index is 13.6. The molecular weight excluding hydrogens is 515 g/mol. The fourth-order valence-electron chi connectivity index (χ4n) is 3.96. The maximum atomic E-state index is 13.6. The number of carbonyl (C=O) groups is 3. The molecule has 8 nitrogen and oxygen atoms in total. The van der Waals surface area contributed by atoms with E-state index in [4.69, 9.17) is 4.74 Å². The third kappa shape index (κ3) is 6.92. The Labute approximate surface area is 223 Å². The first kappa shape index (κ1) is 29.2. The molecule has 0 aliphatic rings. The van der Waals surface area contributed by atoms with E-state index in [9.17, 15) is 32.7 Å². The molecule has 0 radical (unpaired) electrons. The standard InChI is InChI=1S/C28H28F3N3O5/c1-5-33(17(2)3)24(35)16-34(26(36)19-10-8-18(4)9-11-19)23-13-12-20(15-21(23)27(37)38)39-25-22(28(29,30)31)7-6-14-32-25/h6-15,17H,5,16H2,1-4H3,(H,37,38). The molecule has 0 saturated heterocycles. The van der Waals surface area contributed by atoms with E-state index < -0.39 is 47.5 Å². The van der Waals surface area contributed by atoms with Crippen LogP contribution >= 0.6 is 0 Å². The number of anilines is 1. The highest BCUT2D eigenvalue weighted by Gasteiger charge is 2.35. The van der Waals surface area contributed by atoms with Crippen molar-refractivity contribution in [2.24, 2.45) is 0 Å². The van der Waals surface area contributed by atoms with Crippen molar-refractivity contribution in [1.82, 2.24) is 9.88 Å². The van der Waals surface area contributed by atoms with Gasteiger partial charge in [-0.2, -0.15) is 13.2 Å². The summed E-state index contributed by atoms with van der Waals surface area (Å²) >= 11 is 0. The molecule has 206 valence electrons. The van der Waals surface area contributed by atoms with Crippen LogP contribution in [0.15, 0.2) is 60.8 Å². The number of benzene rings is 2. The number of carboxylic acid groups (broad SMARTS) is 1. The van der Waals surface area contributed by atoms with Gasteiger partial charge in [-0.1, -0.05) is 17.7 Å². The lowest BCUT2D eigenvalue weighted by atomic mass is 10.1. The molecule has 2 aromatic carbocycles.